The number of carbonyl (C=O) groups excluding carboxylic acids is 2. The lowest BCUT2D eigenvalue weighted by Gasteiger charge is -2.36. The van der Waals surface area contributed by atoms with Crippen LogP contribution in [0.5, 0.6) is 5.75 Å². The molecule has 0 aliphatic carbocycles. The number of carbonyl (C=O) groups is 2. The van der Waals surface area contributed by atoms with E-state index in [0.717, 1.165) is 22.4 Å². The Morgan fingerprint density at radius 3 is 2.17 bits per heavy atom. The number of halogens is 3. The molecule has 2 N–H and O–H groups in total. The lowest BCUT2D eigenvalue weighted by atomic mass is 9.98. The van der Waals surface area contributed by atoms with E-state index in [4.69, 9.17) is 0 Å². The summed E-state index contributed by atoms with van der Waals surface area (Å²) in [6, 6.07) is 18.4. The van der Waals surface area contributed by atoms with Gasteiger partial charge in [0, 0.05) is 43.0 Å². The average Bonchev–Trinajstić information content (AvgIpc) is 2.91. The van der Waals surface area contributed by atoms with E-state index in [1.165, 1.54) is 12.1 Å². The molecule has 0 unspecified atom stereocenters. The number of sulfonamides is 1. The van der Waals surface area contributed by atoms with Crippen LogP contribution < -0.4 is 9.62 Å². The molecule has 1 aliphatic heterocycles. The third kappa shape index (κ3) is 7.32. The molecule has 1 fully saturated rings. The summed E-state index contributed by atoms with van der Waals surface area (Å²) in [7, 11) is -4.43. The van der Waals surface area contributed by atoms with Crippen molar-refractivity contribution in [2.75, 3.05) is 36.8 Å². The lowest BCUT2D eigenvalue weighted by molar-refractivity contribution is -0.130. The minimum atomic E-state index is -4.65. The molecule has 212 valence electrons. The number of aromatic hydroxyl groups is 1. The van der Waals surface area contributed by atoms with E-state index in [1.54, 1.807) is 46.0 Å². The van der Waals surface area contributed by atoms with Crippen molar-refractivity contribution in [3.63, 3.8) is 0 Å². The third-order valence-corrected chi connectivity index (χ3v) is 7.83. The number of amides is 2. The number of phenolic OH excluding ortho intramolecular Hbond substituents is 1. The van der Waals surface area contributed by atoms with E-state index in [9.17, 15) is 36.3 Å². The lowest BCUT2D eigenvalue weighted by Crippen LogP contribution is -2.48. The van der Waals surface area contributed by atoms with Crippen molar-refractivity contribution in [1.29, 1.82) is 0 Å². The standard InChI is InChI=1S/C28H28F3N3O5S/c1-19-17-22(7-10-25(19)21-3-2-4-24(35)18-21)27(37)34-14-12-33(13-15-34)23-8-5-20(6-9-23)26(36)32-40(38,39)16-11-28(29,30)31/h2-10,17-18,35H,11-16H2,1H3,(H,32,36). The summed E-state index contributed by atoms with van der Waals surface area (Å²) in [6.45, 7) is 3.90. The number of nitrogens with one attached hydrogen (secondary N) is 1. The number of hydrogen-bond donors (Lipinski definition) is 2. The summed E-state index contributed by atoms with van der Waals surface area (Å²) in [4.78, 5) is 29.1. The monoisotopic (exact) mass is 575 g/mol. The molecule has 3 aromatic rings. The molecule has 1 aliphatic rings. The number of alkyl halides is 3. The van der Waals surface area contributed by atoms with Gasteiger partial charge in [0.05, 0.1) is 12.2 Å². The highest BCUT2D eigenvalue weighted by Crippen LogP contribution is 2.28. The van der Waals surface area contributed by atoms with E-state index >= 15 is 0 Å². The minimum Gasteiger partial charge on any atom is -0.508 e. The van der Waals surface area contributed by atoms with Gasteiger partial charge in [0.15, 0.2) is 0 Å². The highest BCUT2D eigenvalue weighted by molar-refractivity contribution is 7.90. The first-order chi connectivity index (χ1) is 18.8. The van der Waals surface area contributed by atoms with Crippen LogP contribution in [0.1, 0.15) is 32.7 Å². The first-order valence-corrected chi connectivity index (χ1v) is 14.1. The van der Waals surface area contributed by atoms with E-state index in [1.807, 2.05) is 30.0 Å². The van der Waals surface area contributed by atoms with E-state index in [-0.39, 0.29) is 17.2 Å². The van der Waals surface area contributed by atoms with Crippen LogP contribution in [0.3, 0.4) is 0 Å². The number of phenols is 1. The van der Waals surface area contributed by atoms with Gasteiger partial charge in [0.1, 0.15) is 5.75 Å². The Hall–Kier alpha value is -4.06. The number of piperazine rings is 1. The molecule has 2 amide bonds. The van der Waals surface area contributed by atoms with Gasteiger partial charge in [-0.05, 0) is 72.1 Å². The fraction of sp³-hybridized carbons (Fsp3) is 0.286. The maximum absolute atomic E-state index is 13.1. The largest absolute Gasteiger partial charge is 0.508 e. The van der Waals surface area contributed by atoms with E-state index < -0.39 is 34.3 Å². The summed E-state index contributed by atoms with van der Waals surface area (Å²) < 4.78 is 62.2. The molecule has 1 heterocycles. The smallest absolute Gasteiger partial charge is 0.390 e. The molecule has 0 aromatic heterocycles. The van der Waals surface area contributed by atoms with Crippen LogP contribution in [0.15, 0.2) is 66.7 Å². The molecular weight excluding hydrogens is 547 g/mol. The van der Waals surface area contributed by atoms with Crippen molar-refractivity contribution in [2.24, 2.45) is 0 Å². The summed E-state index contributed by atoms with van der Waals surface area (Å²) in [5.74, 6) is -2.16. The Morgan fingerprint density at radius 2 is 1.57 bits per heavy atom. The first-order valence-electron chi connectivity index (χ1n) is 12.5. The average molecular weight is 576 g/mol. The van der Waals surface area contributed by atoms with Crippen molar-refractivity contribution in [3.8, 4) is 16.9 Å². The molecule has 0 bridgehead atoms. The van der Waals surface area contributed by atoms with Crippen molar-refractivity contribution >= 4 is 27.5 Å². The van der Waals surface area contributed by atoms with Gasteiger partial charge >= 0.3 is 6.18 Å². The topological polar surface area (TPSA) is 107 Å². The second-order valence-corrected chi connectivity index (χ2v) is 11.4. The fourth-order valence-corrected chi connectivity index (χ4v) is 5.47. The van der Waals surface area contributed by atoms with Crippen LogP contribution in [0, 0.1) is 6.92 Å². The van der Waals surface area contributed by atoms with Gasteiger partial charge < -0.3 is 14.9 Å². The Bertz CT molecular complexity index is 1500. The zero-order valence-corrected chi connectivity index (χ0v) is 22.4. The Labute approximate surface area is 230 Å². The number of nitrogens with zero attached hydrogens (tertiary/aromatic N) is 2. The number of aryl methyl sites for hydroxylation is 1. The molecule has 1 saturated heterocycles. The van der Waals surface area contributed by atoms with Gasteiger partial charge in [-0.2, -0.15) is 13.2 Å². The number of hydrogen-bond acceptors (Lipinski definition) is 6. The summed E-state index contributed by atoms with van der Waals surface area (Å²) >= 11 is 0. The highest BCUT2D eigenvalue weighted by atomic mass is 32.2. The molecule has 0 saturated carbocycles. The summed E-state index contributed by atoms with van der Waals surface area (Å²) in [5.41, 5.74) is 4.01. The van der Waals surface area contributed by atoms with Crippen molar-refractivity contribution in [3.05, 3.63) is 83.4 Å². The second kappa shape index (κ2) is 11.6. The molecule has 3 aromatic carbocycles. The van der Waals surface area contributed by atoms with Gasteiger partial charge in [-0.1, -0.05) is 18.2 Å². The van der Waals surface area contributed by atoms with E-state index in [0.29, 0.717) is 31.7 Å². The van der Waals surface area contributed by atoms with Crippen molar-refractivity contribution in [1.82, 2.24) is 9.62 Å². The first kappa shape index (κ1) is 28.9. The Balaban J connectivity index is 1.33. The molecule has 0 radical (unpaired) electrons. The van der Waals surface area contributed by atoms with Gasteiger partial charge in [0.25, 0.3) is 11.8 Å². The van der Waals surface area contributed by atoms with Gasteiger partial charge in [-0.25, -0.2) is 13.1 Å². The van der Waals surface area contributed by atoms with Gasteiger partial charge in [-0.3, -0.25) is 9.59 Å². The van der Waals surface area contributed by atoms with Crippen molar-refractivity contribution < 1.29 is 36.3 Å². The quantitative estimate of drug-likeness (QED) is 0.434. The molecular formula is C28H28F3N3O5S. The zero-order valence-electron chi connectivity index (χ0n) is 21.6. The summed E-state index contributed by atoms with van der Waals surface area (Å²) in [5, 5.41) is 9.76. The number of anilines is 1. The van der Waals surface area contributed by atoms with Crippen LogP contribution >= 0.6 is 0 Å². The highest BCUT2D eigenvalue weighted by Gasteiger charge is 2.30. The maximum Gasteiger partial charge on any atom is 0.390 e. The predicted octanol–water partition coefficient (Wildman–Crippen LogP) is 4.34. The molecule has 12 heteroatoms. The number of rotatable bonds is 7. The van der Waals surface area contributed by atoms with Crippen LogP contribution in [-0.2, 0) is 10.0 Å². The Kier molecular flexibility index (Phi) is 8.38. The molecule has 4 rings (SSSR count). The minimum absolute atomic E-state index is 0.00215. The van der Waals surface area contributed by atoms with Crippen LogP contribution in [0.4, 0.5) is 18.9 Å². The molecule has 0 spiro atoms. The molecule has 0 atom stereocenters. The molecule has 40 heavy (non-hydrogen) atoms. The Morgan fingerprint density at radius 1 is 0.925 bits per heavy atom. The third-order valence-electron chi connectivity index (χ3n) is 6.59. The SMILES string of the molecule is Cc1cc(C(=O)N2CCN(c3ccc(C(=O)NS(=O)(=O)CCC(F)(F)F)cc3)CC2)ccc1-c1cccc(O)c1. The number of benzene rings is 3. The summed E-state index contributed by atoms with van der Waals surface area (Å²) in [6.07, 6.45) is -6.20. The van der Waals surface area contributed by atoms with Crippen LogP contribution in [-0.4, -0.2) is 68.3 Å². The molecule has 8 nitrogen and oxygen atoms in total. The zero-order chi connectivity index (χ0) is 29.1. The predicted molar refractivity (Wildman–Crippen MR) is 145 cm³/mol. The van der Waals surface area contributed by atoms with Gasteiger partial charge in [0.2, 0.25) is 10.0 Å². The van der Waals surface area contributed by atoms with Crippen LogP contribution in [0.2, 0.25) is 0 Å². The second-order valence-electron chi connectivity index (χ2n) is 9.52. The van der Waals surface area contributed by atoms with E-state index in [2.05, 4.69) is 0 Å². The van der Waals surface area contributed by atoms with Crippen molar-refractivity contribution in [2.45, 2.75) is 19.5 Å². The normalized spacial score (nSPS) is 14.2. The fourth-order valence-electron chi connectivity index (χ4n) is 4.47. The maximum atomic E-state index is 13.1. The van der Waals surface area contributed by atoms with Crippen LogP contribution in [0.25, 0.3) is 11.1 Å². The van der Waals surface area contributed by atoms with Gasteiger partial charge in [-0.15, -0.1) is 0 Å².